The van der Waals surface area contributed by atoms with Gasteiger partial charge in [0.1, 0.15) is 0 Å². The van der Waals surface area contributed by atoms with Crippen LogP contribution in [-0.4, -0.2) is 15.8 Å². The van der Waals surface area contributed by atoms with Crippen LogP contribution in [0.2, 0.25) is 0 Å². The average Bonchev–Trinajstić information content (AvgIpc) is 1.19. The van der Waals surface area contributed by atoms with E-state index in [-0.39, 0.29) is 142 Å². The lowest BCUT2D eigenvalue weighted by atomic mass is 9.33. The van der Waals surface area contributed by atoms with Gasteiger partial charge in [0.05, 0.1) is 62.4 Å². The molecule has 2 aromatic heterocycles. The van der Waals surface area contributed by atoms with Crippen molar-refractivity contribution >= 4 is 101 Å². The van der Waals surface area contributed by atoms with Gasteiger partial charge >= 0.3 is 0 Å². The predicted molar refractivity (Wildman–Crippen MR) is 601 cm³/mol. The van der Waals surface area contributed by atoms with E-state index in [1.165, 1.54) is 0 Å². The van der Waals surface area contributed by atoms with Crippen LogP contribution in [0, 0.1) is 0 Å². The van der Waals surface area contributed by atoms with E-state index in [4.69, 9.17) is 0 Å². The molecule has 14 aromatic carbocycles. The fraction of sp³-hybridized carbons (Fsp3) is 0.364. The topological polar surface area (TPSA) is 16.3 Å². The molecule has 702 valence electrons. The van der Waals surface area contributed by atoms with Gasteiger partial charge in [0.15, 0.2) is 0 Å². The monoisotopic (exact) mass is 1820 g/mol. The average molecular weight is 1820 g/mol. The molecule has 0 N–H and O–H groups in total. The highest BCUT2D eigenvalue weighted by atomic mass is 15.2. The summed E-state index contributed by atoms with van der Waals surface area (Å²) in [7, 11) is 0. The van der Waals surface area contributed by atoms with Gasteiger partial charge in [-0.3, -0.25) is 0 Å². The zero-order valence-electron chi connectivity index (χ0n) is 105. The molecule has 0 bridgehead atoms. The van der Waals surface area contributed by atoms with Crippen LogP contribution in [0.5, 0.6) is 0 Å². The second-order valence-corrected chi connectivity index (χ2v) is 51.7. The van der Waals surface area contributed by atoms with Crippen molar-refractivity contribution in [1.82, 2.24) is 9.13 Å². The van der Waals surface area contributed by atoms with E-state index in [2.05, 4.69) is 321 Å². The fourth-order valence-electron chi connectivity index (χ4n) is 19.8. The van der Waals surface area contributed by atoms with Gasteiger partial charge in [-0.25, -0.2) is 0 Å². The molecule has 16 aromatic rings. The van der Waals surface area contributed by atoms with Crippen molar-refractivity contribution in [1.29, 1.82) is 0 Å². The van der Waals surface area contributed by atoms with Gasteiger partial charge in [0, 0.05) is 72.2 Å². The summed E-state index contributed by atoms with van der Waals surface area (Å²) in [6.07, 6.45) is 0. The van der Waals surface area contributed by atoms with E-state index in [1.807, 2.05) is 100 Å². The smallest absolute Gasteiger partial charge is 0.252 e. The molecule has 4 heterocycles. The van der Waals surface area contributed by atoms with Gasteiger partial charge in [0.2, 0.25) is 0 Å². The molecule has 0 fully saturated rings. The largest absolute Gasteiger partial charge is 0.310 e. The van der Waals surface area contributed by atoms with Crippen LogP contribution >= 0.6 is 0 Å². The number of rotatable bonds is 9. The lowest BCUT2D eigenvalue weighted by Crippen LogP contribution is -2.61. The van der Waals surface area contributed by atoms with Crippen LogP contribution < -0.4 is 26.2 Å². The molecule has 0 radical (unpaired) electrons. The van der Waals surface area contributed by atoms with Gasteiger partial charge in [-0.2, -0.15) is 0 Å². The van der Waals surface area contributed by atoms with Crippen molar-refractivity contribution in [3.8, 4) is 67.0 Å². The van der Waals surface area contributed by atoms with E-state index in [0.717, 1.165) is 105 Å². The molecule has 0 aliphatic carbocycles. The third kappa shape index (κ3) is 17.4. The molecule has 2 aliphatic rings. The highest BCUT2D eigenvalue weighted by molar-refractivity contribution is 7.00. The molecule has 4 nitrogen and oxygen atoms in total. The van der Waals surface area contributed by atoms with E-state index in [9.17, 15) is 23.3 Å². The van der Waals surface area contributed by atoms with Crippen LogP contribution in [0.3, 0.4) is 0 Å². The molecule has 18 rings (SSSR count). The Hall–Kier alpha value is -11.7. The molecule has 137 heavy (non-hydrogen) atoms. The molecule has 0 amide bonds. The Bertz CT molecular complexity index is 8400. The number of hydrogen-bond donors (Lipinski definition) is 0. The third-order valence-corrected chi connectivity index (χ3v) is 28.5. The van der Waals surface area contributed by atoms with Gasteiger partial charge in [0.25, 0.3) is 6.71 Å². The number of hydrogen-bond acceptors (Lipinski definition) is 2. The zero-order valence-corrected chi connectivity index (χ0v) is 88.4. The first kappa shape index (κ1) is 76.3. The number of nitrogens with zero attached hydrogens (tertiary/aromatic N) is 4. The van der Waals surface area contributed by atoms with Gasteiger partial charge in [-0.1, -0.05) is 419 Å². The van der Waals surface area contributed by atoms with Crippen molar-refractivity contribution < 1.29 is 23.3 Å². The summed E-state index contributed by atoms with van der Waals surface area (Å²) >= 11 is 0. The number of fused-ring (bicyclic) bond motifs is 10. The Kier molecular flexibility index (Phi) is 18.1. The maximum Gasteiger partial charge on any atom is 0.252 e. The molecule has 0 atom stereocenters. The maximum absolute atomic E-state index is 12.1. The van der Waals surface area contributed by atoms with Crippen molar-refractivity contribution in [2.24, 2.45) is 0 Å². The van der Waals surface area contributed by atoms with Crippen LogP contribution in [0.1, 0.15) is 339 Å². The first-order valence-corrected chi connectivity index (χ1v) is 49.3. The second kappa shape index (κ2) is 32.5. The minimum atomic E-state index is -1.23. The summed E-state index contributed by atoms with van der Waals surface area (Å²) in [5.74, 6) is 0. The fourth-order valence-corrected chi connectivity index (χ4v) is 19.8. The van der Waals surface area contributed by atoms with Crippen molar-refractivity contribution in [2.45, 2.75) is 314 Å². The van der Waals surface area contributed by atoms with E-state index >= 15 is 0 Å². The summed E-state index contributed by atoms with van der Waals surface area (Å²) in [5, 5.41) is 1.72. The maximum atomic E-state index is 12.1. The Morgan fingerprint density at radius 2 is 0.577 bits per heavy atom. The van der Waals surface area contributed by atoms with E-state index in [1.54, 1.807) is 4.57 Å². The number of anilines is 6. The first-order chi connectivity index (χ1) is 70.6. The first-order valence-electron chi connectivity index (χ1n) is 57.8. The van der Waals surface area contributed by atoms with Crippen molar-refractivity contribution in [3.63, 3.8) is 0 Å². The van der Waals surface area contributed by atoms with Crippen molar-refractivity contribution in [3.05, 3.63) is 327 Å². The molecule has 0 saturated heterocycles. The predicted octanol–water partition coefficient (Wildman–Crippen LogP) is 35.9. The van der Waals surface area contributed by atoms with Crippen LogP contribution in [0.15, 0.2) is 260 Å². The van der Waals surface area contributed by atoms with Gasteiger partial charge < -0.3 is 18.9 Å². The molecule has 0 unspecified atom stereocenters. The van der Waals surface area contributed by atoms with E-state index in [0.29, 0.717) is 39.2 Å². The van der Waals surface area contributed by atoms with Crippen molar-refractivity contribution in [2.75, 3.05) is 9.80 Å². The molecule has 0 saturated carbocycles. The standard InChI is InChI=1S/C132H151BN4/c1-121(2,3)85-50-45-80(46-51-85)100-73-94(130(28,29)30)75-102(84-65-92(128(22,23)24)69-93(66-84)129(25,26)27)119(100)137-115-77-96(134-112-61-55-88(124(10,11)12)71-104(112)105-72-89(125(13,14)15)56-62-113(105)134)57-60-109(115)133-108-59-49-82(83-63-90(126(16,17)18)68-91(64-83)127(19,20)21)67-114(108)136(116-78-97(79-117(137)118(116)133)135-110-43-39-37-41-98(110)99-42-38-40-44-111(99)135)120-101(81-47-52-86(53-48-81)122(4,5)6)74-95(131(31,32)33)76-106(120)103-70-87(123(7,8)9)54-58-107(103)132(34,35)36/h37-79H,1-36H3/i37D,38D,39D,40D,41D,42D,43D,44D,47D,48D,52D,53D,54D,58D,70D,74D,76D. The number of aromatic nitrogens is 2. The lowest BCUT2D eigenvalue weighted by molar-refractivity contribution is 0.568. The molecular weight excluding hydrogens is 1650 g/mol. The molecule has 0 spiro atoms. The van der Waals surface area contributed by atoms with Crippen LogP contribution in [0.25, 0.3) is 111 Å². The Balaban J connectivity index is 1.21. The summed E-state index contributed by atoms with van der Waals surface area (Å²) in [5.41, 5.74) is 12.5. The van der Waals surface area contributed by atoms with Crippen LogP contribution in [0.4, 0.5) is 34.1 Å². The highest BCUT2D eigenvalue weighted by Crippen LogP contribution is 2.58. The quantitative estimate of drug-likeness (QED) is 0.134. The second-order valence-electron chi connectivity index (χ2n) is 51.7. The molecule has 5 heteroatoms. The van der Waals surface area contributed by atoms with Gasteiger partial charge in [-0.05, 0) is 272 Å². The summed E-state index contributed by atoms with van der Waals surface area (Å²) in [6, 6.07) is 50.2. The minimum Gasteiger partial charge on any atom is -0.310 e. The zero-order chi connectivity index (χ0) is 114. The number of benzene rings is 14. The Morgan fingerprint density at radius 1 is 0.212 bits per heavy atom. The van der Waals surface area contributed by atoms with Crippen LogP contribution in [-0.2, 0) is 65.0 Å². The summed E-state index contributed by atoms with van der Waals surface area (Å²) in [4.78, 5) is 4.37. The summed E-state index contributed by atoms with van der Waals surface area (Å²) in [6.45, 7) is 75.1. The third-order valence-electron chi connectivity index (χ3n) is 28.5. The number of para-hydroxylation sites is 2. The molecule has 2 aliphatic heterocycles. The van der Waals surface area contributed by atoms with E-state index < -0.39 is 116 Å². The van der Waals surface area contributed by atoms with Gasteiger partial charge in [-0.15, -0.1) is 0 Å². The summed E-state index contributed by atoms with van der Waals surface area (Å²) < 4.78 is 186. The lowest BCUT2D eigenvalue weighted by Gasteiger charge is -2.46. The Morgan fingerprint density at radius 3 is 1.03 bits per heavy atom. The minimum absolute atomic E-state index is 0.0389. The molecular formula is C132H151BN4. The SMILES string of the molecule is [2H]c1c([2H])c(C(C)(C)C)c([2H])c([2H])c1-c1c([2H])c(C(C)(C)C)c([2H])c(-c2c([2H])c(C(C)(C)C)c([2H])c([2H])c2C(C)(C)C)c1N1c2cc(-c3cc(C(C)(C)C)cc(C(C)(C)C)c3)ccc2B2c3ccc(-n4c5ccc(C(C)(C)C)cc5c5cc(C(C)(C)C)ccc54)cc3N(c3c(-c4ccc(C(C)(C)C)cc4)cc(C(C)(C)C)cc3-c3cc(C(C)(C)C)cc(C(C)(C)C)c3)c3cc(-n4c5c([2H])c([2H])c([2H])c([2H])c5c5c([2H])c([2H])c([2H])c([2H])c54)cc1c32. The normalized spacial score (nSPS) is 15.7. The Labute approximate surface area is 846 Å². The highest BCUT2D eigenvalue weighted by Gasteiger charge is 2.48.